The van der Waals surface area contributed by atoms with Gasteiger partial charge in [0.15, 0.2) is 5.76 Å². The second-order valence-electron chi connectivity index (χ2n) is 2.84. The molecule has 14 heavy (non-hydrogen) atoms. The van der Waals surface area contributed by atoms with E-state index < -0.39 is 5.91 Å². The van der Waals surface area contributed by atoms with Crippen LogP contribution in [0.25, 0.3) is 0 Å². The zero-order valence-electron chi connectivity index (χ0n) is 7.14. The van der Waals surface area contributed by atoms with Crippen molar-refractivity contribution >= 4 is 27.7 Å². The molecule has 0 atom stereocenters. The Balaban J connectivity index is 2.26. The van der Waals surface area contributed by atoms with Crippen LogP contribution in [0.5, 0.6) is 0 Å². The number of rotatable bonds is 1. The molecule has 0 unspecified atom stereocenters. The third-order valence-corrected chi connectivity index (χ3v) is 2.39. The molecule has 1 aliphatic rings. The highest BCUT2D eigenvalue weighted by Crippen LogP contribution is 2.19. The summed E-state index contributed by atoms with van der Waals surface area (Å²) in [5.41, 5.74) is 0. The summed E-state index contributed by atoms with van der Waals surface area (Å²) < 4.78 is 0.852. The Bertz CT molecular complexity index is 400. The molecule has 0 saturated carbocycles. The molecule has 4 nitrogen and oxygen atoms in total. The van der Waals surface area contributed by atoms with E-state index in [1.807, 2.05) is 0 Å². The number of amides is 1. The van der Waals surface area contributed by atoms with E-state index >= 15 is 0 Å². The molecule has 1 aromatic rings. The molecule has 0 aliphatic carbocycles. The van der Waals surface area contributed by atoms with Crippen molar-refractivity contribution in [2.45, 2.75) is 0 Å². The molecule has 72 valence electrons. The van der Waals surface area contributed by atoms with E-state index in [1.165, 1.54) is 11.0 Å². The van der Waals surface area contributed by atoms with Crippen LogP contribution >= 0.6 is 15.9 Å². The van der Waals surface area contributed by atoms with Crippen molar-refractivity contribution in [1.82, 2.24) is 4.98 Å². The summed E-state index contributed by atoms with van der Waals surface area (Å²) in [6, 6.07) is 3.51. The van der Waals surface area contributed by atoms with E-state index in [4.69, 9.17) is 5.11 Å². The Morgan fingerprint density at radius 1 is 1.50 bits per heavy atom. The van der Waals surface area contributed by atoms with Crippen molar-refractivity contribution in [2.24, 2.45) is 0 Å². The molecule has 0 aromatic carbocycles. The molecule has 0 fully saturated rings. The summed E-state index contributed by atoms with van der Waals surface area (Å²) in [6.07, 6.45) is 3.07. The Morgan fingerprint density at radius 3 is 2.79 bits per heavy atom. The second-order valence-corrected chi connectivity index (χ2v) is 3.76. The molecule has 0 spiro atoms. The van der Waals surface area contributed by atoms with Crippen molar-refractivity contribution in [3.05, 3.63) is 34.6 Å². The van der Waals surface area contributed by atoms with Gasteiger partial charge in [-0.2, -0.15) is 0 Å². The van der Waals surface area contributed by atoms with Crippen molar-refractivity contribution in [3.8, 4) is 0 Å². The zero-order chi connectivity index (χ0) is 10.1. The molecular weight excluding hydrogens is 248 g/mol. The Hall–Kier alpha value is -1.36. The fourth-order valence-corrected chi connectivity index (χ4v) is 1.45. The Labute approximate surface area is 89.0 Å². The highest BCUT2D eigenvalue weighted by atomic mass is 79.9. The highest BCUT2D eigenvalue weighted by molar-refractivity contribution is 9.10. The average Bonchev–Trinajstić information content (AvgIpc) is 2.50. The molecule has 1 aliphatic heterocycles. The van der Waals surface area contributed by atoms with E-state index in [0.29, 0.717) is 12.4 Å². The number of carbonyl (C=O) groups excluding carboxylic acids is 1. The van der Waals surface area contributed by atoms with E-state index in [-0.39, 0.29) is 5.76 Å². The van der Waals surface area contributed by atoms with Gasteiger partial charge in [-0.15, -0.1) is 0 Å². The van der Waals surface area contributed by atoms with Crippen LogP contribution in [0.2, 0.25) is 0 Å². The number of anilines is 1. The fourth-order valence-electron chi connectivity index (χ4n) is 1.21. The second kappa shape index (κ2) is 3.42. The number of aliphatic hydroxyl groups is 1. The highest BCUT2D eigenvalue weighted by Gasteiger charge is 2.25. The van der Waals surface area contributed by atoms with Crippen LogP contribution in [-0.2, 0) is 4.79 Å². The normalized spacial score (nSPS) is 15.9. The van der Waals surface area contributed by atoms with Crippen LogP contribution in [0.15, 0.2) is 34.6 Å². The van der Waals surface area contributed by atoms with Gasteiger partial charge >= 0.3 is 0 Å². The zero-order valence-corrected chi connectivity index (χ0v) is 8.73. The van der Waals surface area contributed by atoms with Gasteiger partial charge in [-0.05, 0) is 34.1 Å². The standard InChI is InChI=1S/C9H7BrN2O2/c10-6-1-2-8(11-5-6)12-4-3-7(13)9(12)14/h1-3,5,13H,4H2. The lowest BCUT2D eigenvalue weighted by Gasteiger charge is -2.13. The lowest BCUT2D eigenvalue weighted by molar-refractivity contribution is -0.116. The molecule has 1 N–H and O–H groups in total. The SMILES string of the molecule is O=C1C(O)=CCN1c1ccc(Br)cn1. The number of nitrogens with zero attached hydrogens (tertiary/aromatic N) is 2. The third kappa shape index (κ3) is 1.50. The van der Waals surface area contributed by atoms with Crippen LogP contribution < -0.4 is 4.90 Å². The predicted octanol–water partition coefficient (Wildman–Crippen LogP) is 1.63. The first-order valence-corrected chi connectivity index (χ1v) is 4.80. The molecule has 1 aromatic heterocycles. The van der Waals surface area contributed by atoms with Crippen LogP contribution in [0, 0.1) is 0 Å². The van der Waals surface area contributed by atoms with Gasteiger partial charge in [0.1, 0.15) is 5.82 Å². The number of halogens is 1. The number of pyridine rings is 1. The van der Waals surface area contributed by atoms with Gasteiger partial charge in [-0.1, -0.05) is 0 Å². The molecule has 5 heteroatoms. The van der Waals surface area contributed by atoms with E-state index in [2.05, 4.69) is 20.9 Å². The van der Waals surface area contributed by atoms with E-state index in [1.54, 1.807) is 18.3 Å². The van der Waals surface area contributed by atoms with Crippen molar-refractivity contribution in [3.63, 3.8) is 0 Å². The maximum absolute atomic E-state index is 11.3. The van der Waals surface area contributed by atoms with E-state index in [0.717, 1.165) is 4.47 Å². The fraction of sp³-hybridized carbons (Fsp3) is 0.111. The van der Waals surface area contributed by atoms with Gasteiger partial charge in [-0.3, -0.25) is 9.69 Å². The summed E-state index contributed by atoms with van der Waals surface area (Å²) in [6.45, 7) is 0.374. The molecule has 2 rings (SSSR count). The molecule has 0 saturated heterocycles. The maximum atomic E-state index is 11.3. The third-order valence-electron chi connectivity index (χ3n) is 1.92. The Kier molecular flexibility index (Phi) is 2.25. The molecule has 2 heterocycles. The first-order valence-electron chi connectivity index (χ1n) is 4.01. The summed E-state index contributed by atoms with van der Waals surface area (Å²) >= 11 is 3.25. The maximum Gasteiger partial charge on any atom is 0.294 e. The van der Waals surface area contributed by atoms with Crippen molar-refractivity contribution < 1.29 is 9.90 Å². The molecule has 1 amide bonds. The Morgan fingerprint density at radius 2 is 2.29 bits per heavy atom. The lowest BCUT2D eigenvalue weighted by atomic mass is 10.4. The van der Waals surface area contributed by atoms with Crippen LogP contribution in [-0.4, -0.2) is 22.5 Å². The average molecular weight is 255 g/mol. The number of hydrogen-bond acceptors (Lipinski definition) is 3. The van der Waals surface area contributed by atoms with Crippen molar-refractivity contribution in [2.75, 3.05) is 11.4 Å². The van der Waals surface area contributed by atoms with Gasteiger partial charge < -0.3 is 5.11 Å². The number of aromatic nitrogens is 1. The summed E-state index contributed by atoms with van der Waals surface area (Å²) in [5.74, 6) is -0.0759. The number of aliphatic hydroxyl groups excluding tert-OH is 1. The first kappa shape index (κ1) is 9.21. The molecular formula is C9H7BrN2O2. The van der Waals surface area contributed by atoms with Crippen LogP contribution in [0.1, 0.15) is 0 Å². The lowest BCUT2D eigenvalue weighted by Crippen LogP contribution is -2.27. The van der Waals surface area contributed by atoms with E-state index in [9.17, 15) is 4.79 Å². The first-order chi connectivity index (χ1) is 6.68. The minimum Gasteiger partial charge on any atom is -0.503 e. The largest absolute Gasteiger partial charge is 0.503 e. The minimum atomic E-state index is -0.403. The van der Waals surface area contributed by atoms with Crippen molar-refractivity contribution in [1.29, 1.82) is 0 Å². The minimum absolute atomic E-state index is 0.213. The molecule has 0 radical (unpaired) electrons. The smallest absolute Gasteiger partial charge is 0.294 e. The van der Waals surface area contributed by atoms with Gasteiger partial charge in [0.05, 0.1) is 0 Å². The number of hydrogen-bond donors (Lipinski definition) is 1. The quantitative estimate of drug-likeness (QED) is 0.829. The summed E-state index contributed by atoms with van der Waals surface area (Å²) in [4.78, 5) is 16.8. The molecule has 0 bridgehead atoms. The van der Waals surface area contributed by atoms with Gasteiger partial charge in [0.25, 0.3) is 5.91 Å². The summed E-state index contributed by atoms with van der Waals surface area (Å²) in [5, 5.41) is 9.12. The predicted molar refractivity (Wildman–Crippen MR) is 55.0 cm³/mol. The monoisotopic (exact) mass is 254 g/mol. The van der Waals surface area contributed by atoms with Gasteiger partial charge in [-0.25, -0.2) is 4.98 Å². The van der Waals surface area contributed by atoms with Gasteiger partial charge in [0, 0.05) is 17.2 Å². The topological polar surface area (TPSA) is 53.4 Å². The van der Waals surface area contributed by atoms with Crippen LogP contribution in [0.3, 0.4) is 0 Å². The number of carbonyl (C=O) groups is 1. The van der Waals surface area contributed by atoms with Gasteiger partial charge in [0.2, 0.25) is 0 Å². The summed E-state index contributed by atoms with van der Waals surface area (Å²) in [7, 11) is 0. The van der Waals surface area contributed by atoms with Crippen LogP contribution in [0.4, 0.5) is 5.82 Å².